The number of halogens is 2. The molecule has 0 saturated carbocycles. The third-order valence-corrected chi connectivity index (χ3v) is 3.42. The number of alkyl halides is 1. The molecule has 0 fully saturated rings. The molecule has 15 heavy (non-hydrogen) atoms. The molecule has 1 rings (SSSR count). The van der Waals surface area contributed by atoms with E-state index in [0.717, 1.165) is 17.4 Å². The summed E-state index contributed by atoms with van der Waals surface area (Å²) in [4.78, 5) is 0.568. The summed E-state index contributed by atoms with van der Waals surface area (Å²) in [5, 5.41) is 0.830. The predicted molar refractivity (Wildman–Crippen MR) is 71.9 cm³/mol. The monoisotopic (exact) mass is 288 g/mol. The van der Waals surface area contributed by atoms with Gasteiger partial charge in [-0.05, 0) is 42.9 Å². The lowest BCUT2D eigenvalue weighted by molar-refractivity contribution is 0.547. The molecule has 0 aliphatic heterocycles. The molecule has 84 valence electrons. The van der Waals surface area contributed by atoms with Gasteiger partial charge < -0.3 is 0 Å². The maximum absolute atomic E-state index is 5.94. The van der Waals surface area contributed by atoms with E-state index in [1.165, 1.54) is 18.4 Å². The Morgan fingerprint density at radius 3 is 2.60 bits per heavy atom. The second-order valence-electron chi connectivity index (χ2n) is 4.40. The van der Waals surface area contributed by atoms with Gasteiger partial charge in [-0.1, -0.05) is 53.5 Å². The van der Waals surface area contributed by atoms with E-state index in [9.17, 15) is 0 Å². The van der Waals surface area contributed by atoms with Gasteiger partial charge in [-0.15, -0.1) is 0 Å². The molecule has 0 aliphatic carbocycles. The van der Waals surface area contributed by atoms with Crippen molar-refractivity contribution in [3.63, 3.8) is 0 Å². The molecule has 1 aromatic carbocycles. The third kappa shape index (κ3) is 5.58. The Bertz CT molecular complexity index is 296. The van der Waals surface area contributed by atoms with E-state index in [1.807, 2.05) is 18.2 Å². The van der Waals surface area contributed by atoms with Gasteiger partial charge >= 0.3 is 0 Å². The van der Waals surface area contributed by atoms with Gasteiger partial charge in [0.25, 0.3) is 0 Å². The summed E-state index contributed by atoms with van der Waals surface area (Å²) in [6, 6.07) is 8.11. The molecule has 0 spiro atoms. The van der Waals surface area contributed by atoms with Crippen LogP contribution in [0.5, 0.6) is 0 Å². The Hall–Kier alpha value is -0.0100. The van der Waals surface area contributed by atoms with Gasteiger partial charge in [0.2, 0.25) is 0 Å². The third-order valence-electron chi connectivity index (χ3n) is 2.40. The lowest BCUT2D eigenvalue weighted by atomic mass is 10.0. The molecule has 0 aliphatic rings. The van der Waals surface area contributed by atoms with Crippen LogP contribution in [0.25, 0.3) is 0 Å². The van der Waals surface area contributed by atoms with Crippen molar-refractivity contribution in [3.8, 4) is 0 Å². The number of hydrogen-bond donors (Lipinski definition) is 0. The second-order valence-corrected chi connectivity index (χ2v) is 6.13. The lowest BCUT2D eigenvalue weighted by Gasteiger charge is -2.11. The first-order chi connectivity index (χ1) is 7.08. The molecule has 0 heterocycles. The second kappa shape index (κ2) is 6.55. The van der Waals surface area contributed by atoms with Crippen LogP contribution in [0.1, 0.15) is 32.3 Å². The highest BCUT2D eigenvalue weighted by molar-refractivity contribution is 9.09. The molecule has 1 aromatic rings. The lowest BCUT2D eigenvalue weighted by Crippen LogP contribution is -2.04. The first-order valence-corrected chi connectivity index (χ1v) is 6.76. The van der Waals surface area contributed by atoms with E-state index in [1.54, 1.807) is 0 Å². The van der Waals surface area contributed by atoms with Crippen molar-refractivity contribution < 1.29 is 0 Å². The van der Waals surface area contributed by atoms with Crippen molar-refractivity contribution in [1.82, 2.24) is 0 Å². The molecule has 0 aromatic heterocycles. The van der Waals surface area contributed by atoms with Gasteiger partial charge in [-0.2, -0.15) is 0 Å². The summed E-state index contributed by atoms with van der Waals surface area (Å²) < 4.78 is 0. The minimum Gasteiger partial charge on any atom is -0.0887 e. The SMILES string of the molecule is CC(C)CCC(Br)Cc1cccc(Cl)c1. The molecule has 0 nitrogen and oxygen atoms in total. The van der Waals surface area contributed by atoms with E-state index in [2.05, 4.69) is 35.8 Å². The van der Waals surface area contributed by atoms with Crippen LogP contribution in [0.3, 0.4) is 0 Å². The highest BCUT2D eigenvalue weighted by Gasteiger charge is 2.06. The van der Waals surface area contributed by atoms with E-state index in [0.29, 0.717) is 4.83 Å². The quantitative estimate of drug-likeness (QED) is 0.663. The maximum Gasteiger partial charge on any atom is 0.0408 e. The molecular formula is C13H18BrCl. The van der Waals surface area contributed by atoms with E-state index in [-0.39, 0.29) is 0 Å². The Labute approximate surface area is 106 Å². The Morgan fingerprint density at radius 2 is 2.00 bits per heavy atom. The van der Waals surface area contributed by atoms with E-state index < -0.39 is 0 Å². The van der Waals surface area contributed by atoms with Gasteiger partial charge in [0.1, 0.15) is 0 Å². The normalized spacial score (nSPS) is 13.1. The summed E-state index contributed by atoms with van der Waals surface area (Å²) in [5.74, 6) is 0.782. The molecule has 0 bridgehead atoms. The average Bonchev–Trinajstić information content (AvgIpc) is 2.15. The Morgan fingerprint density at radius 1 is 1.27 bits per heavy atom. The first kappa shape index (κ1) is 13.1. The molecule has 1 atom stereocenters. The topological polar surface area (TPSA) is 0 Å². The van der Waals surface area contributed by atoms with Gasteiger partial charge in [-0.25, -0.2) is 0 Å². The zero-order valence-corrected chi connectivity index (χ0v) is 11.7. The first-order valence-electron chi connectivity index (χ1n) is 5.46. The van der Waals surface area contributed by atoms with Crippen LogP contribution >= 0.6 is 27.5 Å². The highest BCUT2D eigenvalue weighted by atomic mass is 79.9. The van der Waals surface area contributed by atoms with Crippen LogP contribution in [0.2, 0.25) is 5.02 Å². The van der Waals surface area contributed by atoms with Gasteiger partial charge in [-0.3, -0.25) is 0 Å². The fourth-order valence-corrected chi connectivity index (χ4v) is 2.39. The van der Waals surface area contributed by atoms with Crippen molar-refractivity contribution >= 4 is 27.5 Å². The fourth-order valence-electron chi connectivity index (χ4n) is 1.54. The summed E-state index contributed by atoms with van der Waals surface area (Å²) in [6.45, 7) is 4.53. The minimum atomic E-state index is 0.568. The zero-order valence-electron chi connectivity index (χ0n) is 9.34. The van der Waals surface area contributed by atoms with Crippen LogP contribution in [0.15, 0.2) is 24.3 Å². The molecule has 2 heteroatoms. The number of benzene rings is 1. The fraction of sp³-hybridized carbons (Fsp3) is 0.538. The van der Waals surface area contributed by atoms with Gasteiger partial charge in [0, 0.05) is 9.85 Å². The molecule has 0 N–H and O–H groups in total. The van der Waals surface area contributed by atoms with Crippen molar-refractivity contribution in [3.05, 3.63) is 34.9 Å². The summed E-state index contributed by atoms with van der Waals surface area (Å²) in [5.41, 5.74) is 1.31. The number of rotatable bonds is 5. The predicted octanol–water partition coefficient (Wildman–Crippen LogP) is 5.08. The molecule has 1 unspecified atom stereocenters. The minimum absolute atomic E-state index is 0.568. The van der Waals surface area contributed by atoms with Crippen LogP contribution in [-0.4, -0.2) is 4.83 Å². The van der Waals surface area contributed by atoms with Crippen LogP contribution in [-0.2, 0) is 6.42 Å². The molecule has 0 amide bonds. The smallest absolute Gasteiger partial charge is 0.0408 e. The van der Waals surface area contributed by atoms with Crippen LogP contribution in [0.4, 0.5) is 0 Å². The molecule has 0 radical (unpaired) electrons. The number of hydrogen-bond acceptors (Lipinski definition) is 0. The maximum atomic E-state index is 5.94. The molecule has 0 saturated heterocycles. The summed E-state index contributed by atoms with van der Waals surface area (Å²) >= 11 is 9.67. The standard InChI is InChI=1S/C13H18BrCl/c1-10(2)6-7-12(14)8-11-4-3-5-13(15)9-11/h3-5,9-10,12H,6-8H2,1-2H3. The molecular weight excluding hydrogens is 271 g/mol. The van der Waals surface area contributed by atoms with Gasteiger partial charge in [0.05, 0.1) is 0 Å². The zero-order chi connectivity index (χ0) is 11.3. The van der Waals surface area contributed by atoms with Crippen molar-refractivity contribution in [1.29, 1.82) is 0 Å². The van der Waals surface area contributed by atoms with E-state index in [4.69, 9.17) is 11.6 Å². The van der Waals surface area contributed by atoms with Crippen molar-refractivity contribution in [2.75, 3.05) is 0 Å². The van der Waals surface area contributed by atoms with E-state index >= 15 is 0 Å². The summed E-state index contributed by atoms with van der Waals surface area (Å²) in [7, 11) is 0. The Balaban J connectivity index is 2.40. The van der Waals surface area contributed by atoms with Crippen molar-refractivity contribution in [2.45, 2.75) is 37.9 Å². The van der Waals surface area contributed by atoms with Crippen molar-refractivity contribution in [2.24, 2.45) is 5.92 Å². The summed E-state index contributed by atoms with van der Waals surface area (Å²) in [6.07, 6.45) is 3.56. The highest BCUT2D eigenvalue weighted by Crippen LogP contribution is 2.19. The van der Waals surface area contributed by atoms with Crippen LogP contribution in [0, 0.1) is 5.92 Å². The van der Waals surface area contributed by atoms with Gasteiger partial charge in [0.15, 0.2) is 0 Å². The average molecular weight is 290 g/mol. The Kier molecular flexibility index (Phi) is 5.70. The van der Waals surface area contributed by atoms with Crippen LogP contribution < -0.4 is 0 Å². The largest absolute Gasteiger partial charge is 0.0887 e.